The summed E-state index contributed by atoms with van der Waals surface area (Å²) in [6.45, 7) is 4.43. The molecule has 0 aliphatic carbocycles. The number of halogens is 1. The number of aliphatic imine (C=N–C) groups is 1. The lowest BCUT2D eigenvalue weighted by atomic mass is 10.0. The first-order valence-corrected chi connectivity index (χ1v) is 8.12. The van der Waals surface area contributed by atoms with Crippen molar-refractivity contribution in [1.29, 1.82) is 0 Å². The number of ether oxygens (including phenoxy) is 2. The van der Waals surface area contributed by atoms with Crippen LogP contribution in [0.15, 0.2) is 53.5 Å². The van der Waals surface area contributed by atoms with Gasteiger partial charge in [0.05, 0.1) is 12.6 Å². The van der Waals surface area contributed by atoms with Crippen LogP contribution < -0.4 is 0 Å². The van der Waals surface area contributed by atoms with Crippen molar-refractivity contribution in [2.24, 2.45) is 4.99 Å². The Hall–Kier alpha value is -2.04. The van der Waals surface area contributed by atoms with E-state index in [2.05, 4.69) is 12.1 Å². The minimum absolute atomic E-state index is 0.0360. The number of hydrogen-bond acceptors (Lipinski definition) is 3. The highest BCUT2D eigenvalue weighted by Crippen LogP contribution is 2.20. The molecule has 2 aromatic rings. The van der Waals surface area contributed by atoms with Crippen molar-refractivity contribution in [2.45, 2.75) is 32.9 Å². The maximum atomic E-state index is 14.3. The van der Waals surface area contributed by atoms with Gasteiger partial charge < -0.3 is 9.47 Å². The first-order valence-electron chi connectivity index (χ1n) is 8.12. The Kier molecular flexibility index (Phi) is 7.09. The lowest BCUT2D eigenvalue weighted by Gasteiger charge is -2.12. The standard InChI is InChI=1S/C20H24FNO2/c1-4-20(22-15(2)16-8-6-5-7-9-16)17-10-11-18(19(21)12-17)13-24-14-23-3/h5-12,15H,4,13-14H2,1-3H3/b22-20+/t15-/m0/s1. The minimum atomic E-state index is -0.280. The summed E-state index contributed by atoms with van der Waals surface area (Å²) in [6, 6.07) is 15.3. The smallest absolute Gasteiger partial charge is 0.146 e. The molecule has 3 nitrogen and oxygen atoms in total. The van der Waals surface area contributed by atoms with Gasteiger partial charge in [-0.05, 0) is 30.5 Å². The van der Waals surface area contributed by atoms with Crippen molar-refractivity contribution < 1.29 is 13.9 Å². The van der Waals surface area contributed by atoms with Crippen molar-refractivity contribution >= 4 is 5.71 Å². The summed E-state index contributed by atoms with van der Waals surface area (Å²) in [6.07, 6.45) is 0.746. The molecule has 0 N–H and O–H groups in total. The third-order valence-corrected chi connectivity index (χ3v) is 3.81. The van der Waals surface area contributed by atoms with Crippen LogP contribution in [0.2, 0.25) is 0 Å². The van der Waals surface area contributed by atoms with Crippen LogP contribution in [0, 0.1) is 5.82 Å². The molecule has 0 saturated carbocycles. The summed E-state index contributed by atoms with van der Waals surface area (Å²) in [5.74, 6) is -0.280. The molecule has 0 bridgehead atoms. The SMILES string of the molecule is CC/C(=N\[C@@H](C)c1ccccc1)c1ccc(COCOC)c(F)c1. The van der Waals surface area contributed by atoms with Gasteiger partial charge in [0.2, 0.25) is 0 Å². The zero-order valence-electron chi connectivity index (χ0n) is 14.5. The van der Waals surface area contributed by atoms with Crippen LogP contribution in [0.4, 0.5) is 4.39 Å². The van der Waals surface area contributed by atoms with E-state index in [9.17, 15) is 4.39 Å². The molecule has 128 valence electrons. The lowest BCUT2D eigenvalue weighted by molar-refractivity contribution is -0.0398. The summed E-state index contributed by atoms with van der Waals surface area (Å²) in [4.78, 5) is 4.78. The molecule has 1 atom stereocenters. The van der Waals surface area contributed by atoms with Crippen molar-refractivity contribution in [1.82, 2.24) is 0 Å². The predicted octanol–water partition coefficient (Wildman–Crippen LogP) is 4.91. The fourth-order valence-corrected chi connectivity index (χ4v) is 2.49. The summed E-state index contributed by atoms with van der Waals surface area (Å²) in [7, 11) is 1.54. The van der Waals surface area contributed by atoms with E-state index in [1.54, 1.807) is 6.07 Å². The van der Waals surface area contributed by atoms with Crippen molar-refractivity contribution in [3.8, 4) is 0 Å². The third kappa shape index (κ3) is 4.98. The van der Waals surface area contributed by atoms with Crippen LogP contribution in [0.1, 0.15) is 43.0 Å². The van der Waals surface area contributed by atoms with Gasteiger partial charge in [0, 0.05) is 18.4 Å². The molecule has 0 fully saturated rings. The number of hydrogen-bond donors (Lipinski definition) is 0. The molecule has 0 aliphatic heterocycles. The van der Waals surface area contributed by atoms with E-state index >= 15 is 0 Å². The van der Waals surface area contributed by atoms with E-state index in [-0.39, 0.29) is 25.3 Å². The topological polar surface area (TPSA) is 30.8 Å². The Morgan fingerprint density at radius 2 is 1.92 bits per heavy atom. The van der Waals surface area contributed by atoms with Gasteiger partial charge in [0.25, 0.3) is 0 Å². The Balaban J connectivity index is 2.18. The van der Waals surface area contributed by atoms with Crippen LogP contribution in [-0.2, 0) is 16.1 Å². The Morgan fingerprint density at radius 3 is 2.54 bits per heavy atom. The summed E-state index contributed by atoms with van der Waals surface area (Å²) >= 11 is 0. The van der Waals surface area contributed by atoms with E-state index in [4.69, 9.17) is 14.5 Å². The molecule has 0 amide bonds. The first kappa shape index (κ1) is 18.3. The monoisotopic (exact) mass is 329 g/mol. The normalized spacial score (nSPS) is 13.1. The number of rotatable bonds is 8. The van der Waals surface area contributed by atoms with Gasteiger partial charge in [-0.25, -0.2) is 4.39 Å². The van der Waals surface area contributed by atoms with Crippen LogP contribution in [0.25, 0.3) is 0 Å². The Bertz CT molecular complexity index is 671. The molecular weight excluding hydrogens is 305 g/mol. The molecule has 4 heteroatoms. The molecule has 0 radical (unpaired) electrons. The Morgan fingerprint density at radius 1 is 1.17 bits per heavy atom. The van der Waals surface area contributed by atoms with Crippen LogP contribution in [0.5, 0.6) is 0 Å². The second-order valence-electron chi connectivity index (χ2n) is 5.58. The molecule has 0 unspecified atom stereocenters. The predicted molar refractivity (Wildman–Crippen MR) is 94.8 cm³/mol. The van der Waals surface area contributed by atoms with Crippen molar-refractivity contribution in [3.63, 3.8) is 0 Å². The van der Waals surface area contributed by atoms with Gasteiger partial charge in [-0.2, -0.15) is 0 Å². The molecule has 0 saturated heterocycles. The molecule has 0 spiro atoms. The van der Waals surface area contributed by atoms with Crippen LogP contribution in [-0.4, -0.2) is 19.6 Å². The van der Waals surface area contributed by atoms with E-state index < -0.39 is 0 Å². The van der Waals surface area contributed by atoms with Crippen LogP contribution >= 0.6 is 0 Å². The van der Waals surface area contributed by atoms with Gasteiger partial charge >= 0.3 is 0 Å². The van der Waals surface area contributed by atoms with Crippen molar-refractivity contribution in [3.05, 3.63) is 71.0 Å². The van der Waals surface area contributed by atoms with Crippen molar-refractivity contribution in [2.75, 3.05) is 13.9 Å². The highest BCUT2D eigenvalue weighted by Gasteiger charge is 2.10. The van der Waals surface area contributed by atoms with Gasteiger partial charge in [-0.1, -0.05) is 49.4 Å². The molecule has 0 aliphatic rings. The zero-order chi connectivity index (χ0) is 17.4. The maximum Gasteiger partial charge on any atom is 0.146 e. The highest BCUT2D eigenvalue weighted by atomic mass is 19.1. The van der Waals surface area contributed by atoms with Crippen LogP contribution in [0.3, 0.4) is 0 Å². The largest absolute Gasteiger partial charge is 0.359 e. The second-order valence-corrected chi connectivity index (χ2v) is 5.58. The zero-order valence-corrected chi connectivity index (χ0v) is 14.5. The number of methoxy groups -OCH3 is 1. The highest BCUT2D eigenvalue weighted by molar-refractivity contribution is 6.00. The third-order valence-electron chi connectivity index (χ3n) is 3.81. The molecule has 0 aromatic heterocycles. The minimum Gasteiger partial charge on any atom is -0.359 e. The fraction of sp³-hybridized carbons (Fsp3) is 0.350. The molecular formula is C20H24FNO2. The molecule has 2 rings (SSSR count). The van der Waals surface area contributed by atoms with E-state index in [0.717, 1.165) is 23.3 Å². The molecule has 0 heterocycles. The Labute approximate surface area is 143 Å². The first-order chi connectivity index (χ1) is 11.7. The quantitative estimate of drug-likeness (QED) is 0.391. The number of nitrogens with zero attached hydrogens (tertiary/aromatic N) is 1. The maximum absolute atomic E-state index is 14.3. The van der Waals surface area contributed by atoms with Gasteiger partial charge in [-0.3, -0.25) is 4.99 Å². The summed E-state index contributed by atoms with van der Waals surface area (Å²) in [5.41, 5.74) is 3.37. The molecule has 24 heavy (non-hydrogen) atoms. The average Bonchev–Trinajstić information content (AvgIpc) is 2.61. The molecule has 2 aromatic carbocycles. The van der Waals surface area contributed by atoms with Gasteiger partial charge in [-0.15, -0.1) is 0 Å². The van der Waals surface area contributed by atoms with E-state index in [1.165, 1.54) is 13.2 Å². The van der Waals surface area contributed by atoms with Gasteiger partial charge in [0.15, 0.2) is 0 Å². The second kappa shape index (κ2) is 9.30. The lowest BCUT2D eigenvalue weighted by Crippen LogP contribution is -2.05. The van der Waals surface area contributed by atoms with E-state index in [0.29, 0.717) is 5.56 Å². The summed E-state index contributed by atoms with van der Waals surface area (Å²) in [5, 5.41) is 0. The fourth-order valence-electron chi connectivity index (χ4n) is 2.49. The number of benzene rings is 2. The summed E-state index contributed by atoms with van der Waals surface area (Å²) < 4.78 is 24.3. The average molecular weight is 329 g/mol. The van der Waals surface area contributed by atoms with E-state index in [1.807, 2.05) is 38.1 Å². The van der Waals surface area contributed by atoms with Gasteiger partial charge in [0.1, 0.15) is 12.6 Å².